The fraction of sp³-hybridized carbons (Fsp3) is 0. The van der Waals surface area contributed by atoms with Gasteiger partial charge in [0.2, 0.25) is 0 Å². The maximum absolute atomic E-state index is 11.9. The normalized spacial score (nSPS) is 10.7. The Kier molecular flexibility index (Phi) is 2.38. The minimum absolute atomic E-state index is 0.148. The lowest BCUT2D eigenvalue weighted by Crippen LogP contribution is -2.02. The fourth-order valence-corrected chi connectivity index (χ4v) is 1.93. The number of benzene rings is 2. The molecule has 18 heavy (non-hydrogen) atoms. The van der Waals surface area contributed by atoms with Crippen molar-refractivity contribution in [1.29, 1.82) is 0 Å². The molecule has 88 valence electrons. The highest BCUT2D eigenvalue weighted by molar-refractivity contribution is 5.82. The molecule has 0 fully saturated rings. The summed E-state index contributed by atoms with van der Waals surface area (Å²) in [6, 6.07) is 15.7. The molecule has 0 unspecified atom stereocenters. The molecule has 0 radical (unpaired) electrons. The van der Waals surface area contributed by atoms with Crippen LogP contribution in [0.5, 0.6) is 5.75 Å². The van der Waals surface area contributed by atoms with Crippen molar-refractivity contribution in [3.05, 3.63) is 65.0 Å². The average Bonchev–Trinajstić information content (AvgIpc) is 2.39. The van der Waals surface area contributed by atoms with Gasteiger partial charge < -0.3 is 9.52 Å². The second-order valence-corrected chi connectivity index (χ2v) is 4.04. The number of rotatable bonds is 1. The predicted molar refractivity (Wildman–Crippen MR) is 69.6 cm³/mol. The molecule has 0 aliphatic heterocycles. The molecule has 1 aromatic heterocycles. The lowest BCUT2D eigenvalue weighted by Gasteiger charge is -2.02. The van der Waals surface area contributed by atoms with Crippen molar-refractivity contribution in [1.82, 2.24) is 0 Å². The third-order valence-electron chi connectivity index (χ3n) is 2.80. The Bertz CT molecular complexity index is 758. The van der Waals surface area contributed by atoms with Gasteiger partial charge in [-0.15, -0.1) is 0 Å². The number of hydrogen-bond donors (Lipinski definition) is 1. The van der Waals surface area contributed by atoms with Crippen molar-refractivity contribution in [2.75, 3.05) is 0 Å². The van der Waals surface area contributed by atoms with E-state index in [1.165, 1.54) is 6.07 Å². The van der Waals surface area contributed by atoms with Crippen LogP contribution in [-0.2, 0) is 0 Å². The standard InChI is InChI=1S/C15H10O3/c16-12-6-7-14-11(8-12)9-13(15(17)18-14)10-4-2-1-3-5-10/h1-9,16H. The minimum Gasteiger partial charge on any atom is -0.508 e. The van der Waals surface area contributed by atoms with Gasteiger partial charge in [0.05, 0.1) is 5.56 Å². The van der Waals surface area contributed by atoms with Crippen LogP contribution < -0.4 is 5.63 Å². The van der Waals surface area contributed by atoms with Crippen molar-refractivity contribution in [3.8, 4) is 16.9 Å². The number of phenolic OH excluding ortho intramolecular Hbond substituents is 1. The van der Waals surface area contributed by atoms with Crippen molar-refractivity contribution in [2.24, 2.45) is 0 Å². The van der Waals surface area contributed by atoms with Gasteiger partial charge in [-0.3, -0.25) is 0 Å². The Balaban J connectivity index is 2.31. The van der Waals surface area contributed by atoms with Crippen LogP contribution in [-0.4, -0.2) is 5.11 Å². The Morgan fingerprint density at radius 2 is 1.72 bits per heavy atom. The Hall–Kier alpha value is -2.55. The van der Waals surface area contributed by atoms with Gasteiger partial charge >= 0.3 is 5.63 Å². The fourth-order valence-electron chi connectivity index (χ4n) is 1.93. The summed E-state index contributed by atoms with van der Waals surface area (Å²) in [5, 5.41) is 10.1. The zero-order valence-electron chi connectivity index (χ0n) is 9.46. The van der Waals surface area contributed by atoms with Crippen LogP contribution in [0.4, 0.5) is 0 Å². The molecule has 0 aliphatic rings. The van der Waals surface area contributed by atoms with Crippen LogP contribution in [0.2, 0.25) is 0 Å². The molecule has 3 aromatic rings. The van der Waals surface area contributed by atoms with Gasteiger partial charge in [-0.1, -0.05) is 30.3 Å². The van der Waals surface area contributed by atoms with E-state index in [1.807, 2.05) is 30.3 Å². The van der Waals surface area contributed by atoms with Crippen LogP contribution in [0.1, 0.15) is 0 Å². The highest BCUT2D eigenvalue weighted by atomic mass is 16.4. The number of hydrogen-bond acceptors (Lipinski definition) is 3. The highest BCUT2D eigenvalue weighted by Crippen LogP contribution is 2.23. The monoisotopic (exact) mass is 238 g/mol. The molecule has 0 saturated carbocycles. The average molecular weight is 238 g/mol. The van der Waals surface area contributed by atoms with Crippen molar-refractivity contribution >= 4 is 11.0 Å². The molecule has 2 aromatic carbocycles. The van der Waals surface area contributed by atoms with Gasteiger partial charge in [0.25, 0.3) is 0 Å². The largest absolute Gasteiger partial charge is 0.508 e. The summed E-state index contributed by atoms with van der Waals surface area (Å²) in [6.45, 7) is 0. The van der Waals surface area contributed by atoms with Crippen LogP contribution in [0.15, 0.2) is 63.8 Å². The molecule has 3 rings (SSSR count). The summed E-state index contributed by atoms with van der Waals surface area (Å²) < 4.78 is 5.24. The molecule has 0 spiro atoms. The summed E-state index contributed by atoms with van der Waals surface area (Å²) in [7, 11) is 0. The van der Waals surface area contributed by atoms with Gasteiger partial charge in [0.1, 0.15) is 11.3 Å². The molecule has 0 atom stereocenters. The maximum Gasteiger partial charge on any atom is 0.344 e. The van der Waals surface area contributed by atoms with Crippen LogP contribution in [0, 0.1) is 0 Å². The van der Waals surface area contributed by atoms with Crippen molar-refractivity contribution in [3.63, 3.8) is 0 Å². The molecule has 1 heterocycles. The van der Waals surface area contributed by atoms with E-state index in [0.717, 1.165) is 5.56 Å². The summed E-state index contributed by atoms with van der Waals surface area (Å²) >= 11 is 0. The van der Waals surface area contributed by atoms with Gasteiger partial charge in [-0.2, -0.15) is 0 Å². The van der Waals surface area contributed by atoms with E-state index in [9.17, 15) is 9.90 Å². The molecule has 0 bridgehead atoms. The maximum atomic E-state index is 11.9. The lowest BCUT2D eigenvalue weighted by atomic mass is 10.1. The first-order valence-electron chi connectivity index (χ1n) is 5.56. The van der Waals surface area contributed by atoms with E-state index in [1.54, 1.807) is 18.2 Å². The van der Waals surface area contributed by atoms with Gasteiger partial charge in [-0.05, 0) is 29.8 Å². The quantitative estimate of drug-likeness (QED) is 0.662. The molecule has 1 N–H and O–H groups in total. The second-order valence-electron chi connectivity index (χ2n) is 4.04. The molecule has 0 saturated heterocycles. The predicted octanol–water partition coefficient (Wildman–Crippen LogP) is 3.17. The SMILES string of the molecule is O=c1oc2ccc(O)cc2cc1-c1ccccc1. The van der Waals surface area contributed by atoms with E-state index in [-0.39, 0.29) is 11.4 Å². The Morgan fingerprint density at radius 3 is 2.50 bits per heavy atom. The van der Waals surface area contributed by atoms with E-state index < -0.39 is 0 Å². The second kappa shape index (κ2) is 4.04. The smallest absolute Gasteiger partial charge is 0.344 e. The first-order valence-corrected chi connectivity index (χ1v) is 5.56. The van der Waals surface area contributed by atoms with Gasteiger partial charge in [0, 0.05) is 5.39 Å². The molecule has 3 heteroatoms. The van der Waals surface area contributed by atoms with Crippen LogP contribution in [0.3, 0.4) is 0 Å². The Morgan fingerprint density at radius 1 is 0.944 bits per heavy atom. The number of fused-ring (bicyclic) bond motifs is 1. The van der Waals surface area contributed by atoms with Crippen molar-refractivity contribution in [2.45, 2.75) is 0 Å². The zero-order valence-corrected chi connectivity index (χ0v) is 9.46. The summed E-state index contributed by atoms with van der Waals surface area (Å²) in [4.78, 5) is 11.9. The Labute approximate surface area is 103 Å². The summed E-state index contributed by atoms with van der Waals surface area (Å²) in [5.74, 6) is 0.148. The first-order chi connectivity index (χ1) is 8.74. The van der Waals surface area contributed by atoms with E-state index in [2.05, 4.69) is 0 Å². The minimum atomic E-state index is -0.376. The van der Waals surface area contributed by atoms with Crippen molar-refractivity contribution < 1.29 is 9.52 Å². The first kappa shape index (κ1) is 10.6. The zero-order chi connectivity index (χ0) is 12.5. The summed E-state index contributed by atoms with van der Waals surface area (Å²) in [5.41, 5.74) is 1.39. The molecule has 0 amide bonds. The lowest BCUT2D eigenvalue weighted by molar-refractivity contribution is 0.475. The molecular formula is C15H10O3. The van der Waals surface area contributed by atoms with Gasteiger partial charge in [0.15, 0.2) is 0 Å². The van der Waals surface area contributed by atoms with E-state index in [0.29, 0.717) is 16.5 Å². The molecular weight excluding hydrogens is 228 g/mol. The summed E-state index contributed by atoms with van der Waals surface area (Å²) in [6.07, 6.45) is 0. The third-order valence-corrected chi connectivity index (χ3v) is 2.80. The topological polar surface area (TPSA) is 50.4 Å². The number of aromatic hydroxyl groups is 1. The van der Waals surface area contributed by atoms with E-state index >= 15 is 0 Å². The van der Waals surface area contributed by atoms with Crippen LogP contribution >= 0.6 is 0 Å². The van der Waals surface area contributed by atoms with Gasteiger partial charge in [-0.25, -0.2) is 4.79 Å². The third kappa shape index (κ3) is 1.76. The molecule has 0 aliphatic carbocycles. The van der Waals surface area contributed by atoms with E-state index in [4.69, 9.17) is 4.42 Å². The highest BCUT2D eigenvalue weighted by Gasteiger charge is 2.07. The number of phenols is 1. The molecule has 3 nitrogen and oxygen atoms in total. The van der Waals surface area contributed by atoms with Crippen LogP contribution in [0.25, 0.3) is 22.1 Å².